The lowest BCUT2D eigenvalue weighted by molar-refractivity contribution is -0.118. The molecule has 3 rings (SSSR count). The van der Waals surface area contributed by atoms with Crippen molar-refractivity contribution in [1.82, 2.24) is 0 Å². The van der Waals surface area contributed by atoms with Gasteiger partial charge in [0.1, 0.15) is 5.78 Å². The average molecular weight is 202 g/mol. The first kappa shape index (κ1) is 9.08. The molecule has 2 saturated carbocycles. The molecule has 2 fully saturated rings. The normalized spacial score (nSPS) is 38.7. The first-order valence-electron chi connectivity index (χ1n) is 5.67. The molecule has 15 heavy (non-hydrogen) atoms. The van der Waals surface area contributed by atoms with E-state index in [1.807, 2.05) is 6.08 Å². The molecular weight excluding hydrogens is 188 g/mol. The van der Waals surface area contributed by atoms with Crippen LogP contribution in [0.1, 0.15) is 32.1 Å². The Labute approximate surface area is 89.0 Å². The Morgan fingerprint density at radius 3 is 3.07 bits per heavy atom. The summed E-state index contributed by atoms with van der Waals surface area (Å²) in [6, 6.07) is 0. The lowest BCUT2D eigenvalue weighted by atomic mass is 9.63. The number of carbonyl (C=O) groups is 2. The summed E-state index contributed by atoms with van der Waals surface area (Å²) in [4.78, 5) is 22.9. The van der Waals surface area contributed by atoms with Crippen LogP contribution in [0.15, 0.2) is 23.8 Å². The van der Waals surface area contributed by atoms with Crippen LogP contribution in [0.3, 0.4) is 0 Å². The second kappa shape index (κ2) is 2.91. The molecule has 1 spiro atoms. The van der Waals surface area contributed by atoms with Gasteiger partial charge in [-0.3, -0.25) is 9.59 Å². The van der Waals surface area contributed by atoms with Crippen molar-refractivity contribution in [2.45, 2.75) is 32.1 Å². The summed E-state index contributed by atoms with van der Waals surface area (Å²) in [6.45, 7) is 0. The summed E-state index contributed by atoms with van der Waals surface area (Å²) in [5.41, 5.74) is 1.17. The van der Waals surface area contributed by atoms with Gasteiger partial charge in [-0.2, -0.15) is 0 Å². The van der Waals surface area contributed by atoms with Gasteiger partial charge in [-0.15, -0.1) is 0 Å². The molecule has 0 aromatic rings. The Hall–Kier alpha value is -1.18. The smallest absolute Gasteiger partial charge is 0.178 e. The fraction of sp³-hybridized carbons (Fsp3) is 0.538. The van der Waals surface area contributed by atoms with Crippen molar-refractivity contribution in [2.75, 3.05) is 0 Å². The molecule has 0 amide bonds. The fourth-order valence-corrected chi connectivity index (χ4v) is 3.47. The monoisotopic (exact) mass is 202 g/mol. The first-order valence-corrected chi connectivity index (χ1v) is 5.67. The maximum Gasteiger partial charge on any atom is 0.178 e. The fourth-order valence-electron chi connectivity index (χ4n) is 3.47. The van der Waals surface area contributed by atoms with Crippen LogP contribution in [-0.2, 0) is 9.59 Å². The molecule has 0 aliphatic heterocycles. The standard InChI is InChI=1S/C13H14O2/c14-11-4-5-13-8-12(15)7-10(13)3-1-2-9(13)6-11/h4-6,10H,1-3,7-8H2/t10-,13-/m1/s1. The molecule has 0 aromatic heterocycles. The highest BCUT2D eigenvalue weighted by molar-refractivity contribution is 6.02. The van der Waals surface area contributed by atoms with Gasteiger partial charge >= 0.3 is 0 Å². The molecule has 78 valence electrons. The van der Waals surface area contributed by atoms with Gasteiger partial charge in [0.2, 0.25) is 0 Å². The molecule has 3 aliphatic rings. The predicted molar refractivity (Wildman–Crippen MR) is 56.2 cm³/mol. The molecule has 2 heteroatoms. The van der Waals surface area contributed by atoms with Gasteiger partial charge < -0.3 is 0 Å². The highest BCUT2D eigenvalue weighted by atomic mass is 16.1. The third-order valence-corrected chi connectivity index (χ3v) is 4.15. The molecule has 0 heterocycles. The number of Topliss-reactive ketones (excluding diaryl/α,β-unsaturated/α-hetero) is 1. The van der Waals surface area contributed by atoms with Crippen LogP contribution < -0.4 is 0 Å². The van der Waals surface area contributed by atoms with Gasteiger partial charge in [0.15, 0.2) is 5.78 Å². The van der Waals surface area contributed by atoms with Gasteiger partial charge in [-0.1, -0.05) is 11.6 Å². The van der Waals surface area contributed by atoms with E-state index in [1.165, 1.54) is 5.57 Å². The molecule has 0 aromatic carbocycles. The van der Waals surface area contributed by atoms with E-state index in [-0.39, 0.29) is 11.2 Å². The summed E-state index contributed by atoms with van der Waals surface area (Å²) in [6.07, 6.45) is 10.1. The minimum absolute atomic E-state index is 0.0523. The number of allylic oxidation sites excluding steroid dienone is 4. The number of carbonyl (C=O) groups excluding carboxylic acids is 2. The largest absolute Gasteiger partial charge is 0.300 e. The Morgan fingerprint density at radius 2 is 2.20 bits per heavy atom. The lowest BCUT2D eigenvalue weighted by Gasteiger charge is -2.40. The summed E-state index contributed by atoms with van der Waals surface area (Å²) >= 11 is 0. The summed E-state index contributed by atoms with van der Waals surface area (Å²) in [5, 5.41) is 0. The topological polar surface area (TPSA) is 34.1 Å². The molecular formula is C13H14O2. The molecule has 0 radical (unpaired) electrons. The molecule has 2 nitrogen and oxygen atoms in total. The van der Waals surface area contributed by atoms with Crippen molar-refractivity contribution in [1.29, 1.82) is 0 Å². The highest BCUT2D eigenvalue weighted by Crippen LogP contribution is 2.55. The van der Waals surface area contributed by atoms with E-state index in [9.17, 15) is 9.59 Å². The Kier molecular flexibility index (Phi) is 1.76. The number of hydrogen-bond donors (Lipinski definition) is 0. The quantitative estimate of drug-likeness (QED) is 0.603. The van der Waals surface area contributed by atoms with E-state index in [0.717, 1.165) is 25.7 Å². The van der Waals surface area contributed by atoms with Crippen LogP contribution in [0.5, 0.6) is 0 Å². The SMILES string of the molecule is O=C1C=C[C@]23CC(=O)C[C@H]2CCCC3=C1. The Balaban J connectivity index is 2.08. The Bertz CT molecular complexity index is 403. The first-order chi connectivity index (χ1) is 7.21. The van der Waals surface area contributed by atoms with E-state index >= 15 is 0 Å². The molecule has 0 unspecified atom stereocenters. The van der Waals surface area contributed by atoms with Crippen molar-refractivity contribution in [2.24, 2.45) is 11.3 Å². The van der Waals surface area contributed by atoms with Crippen molar-refractivity contribution in [3.8, 4) is 0 Å². The van der Waals surface area contributed by atoms with Crippen LogP contribution in [0, 0.1) is 11.3 Å². The van der Waals surface area contributed by atoms with Gasteiger partial charge in [0, 0.05) is 18.3 Å². The third kappa shape index (κ3) is 1.17. The number of hydrogen-bond acceptors (Lipinski definition) is 2. The van der Waals surface area contributed by atoms with Crippen LogP contribution >= 0.6 is 0 Å². The van der Waals surface area contributed by atoms with Gasteiger partial charge in [-0.25, -0.2) is 0 Å². The van der Waals surface area contributed by atoms with Crippen LogP contribution in [0.2, 0.25) is 0 Å². The number of rotatable bonds is 0. The van der Waals surface area contributed by atoms with E-state index in [1.54, 1.807) is 12.2 Å². The van der Waals surface area contributed by atoms with Crippen molar-refractivity contribution in [3.63, 3.8) is 0 Å². The third-order valence-electron chi connectivity index (χ3n) is 4.15. The second-order valence-electron chi connectivity index (χ2n) is 4.95. The summed E-state index contributed by atoms with van der Waals surface area (Å²) in [5.74, 6) is 0.928. The van der Waals surface area contributed by atoms with E-state index in [4.69, 9.17) is 0 Å². The molecule has 0 N–H and O–H groups in total. The van der Waals surface area contributed by atoms with Gasteiger partial charge in [-0.05, 0) is 37.3 Å². The minimum atomic E-state index is -0.0523. The zero-order valence-electron chi connectivity index (χ0n) is 8.66. The lowest BCUT2D eigenvalue weighted by Crippen LogP contribution is -2.32. The number of ketones is 2. The highest BCUT2D eigenvalue weighted by Gasteiger charge is 2.49. The maximum atomic E-state index is 11.6. The Morgan fingerprint density at radius 1 is 1.33 bits per heavy atom. The molecule has 3 aliphatic carbocycles. The molecule has 0 saturated heterocycles. The minimum Gasteiger partial charge on any atom is -0.300 e. The van der Waals surface area contributed by atoms with Crippen molar-refractivity contribution >= 4 is 11.6 Å². The zero-order chi connectivity index (χ0) is 10.5. The average Bonchev–Trinajstić information content (AvgIpc) is 2.52. The molecule has 0 bridgehead atoms. The van der Waals surface area contributed by atoms with E-state index in [0.29, 0.717) is 18.1 Å². The van der Waals surface area contributed by atoms with Crippen LogP contribution in [-0.4, -0.2) is 11.6 Å². The van der Waals surface area contributed by atoms with Gasteiger partial charge in [0.25, 0.3) is 0 Å². The molecule has 2 atom stereocenters. The summed E-state index contributed by atoms with van der Waals surface area (Å²) < 4.78 is 0. The van der Waals surface area contributed by atoms with Crippen LogP contribution in [0.4, 0.5) is 0 Å². The summed E-state index contributed by atoms with van der Waals surface area (Å²) in [7, 11) is 0. The predicted octanol–water partition coefficient (Wildman–Crippen LogP) is 2.20. The van der Waals surface area contributed by atoms with E-state index < -0.39 is 0 Å². The van der Waals surface area contributed by atoms with Crippen LogP contribution in [0.25, 0.3) is 0 Å². The maximum absolute atomic E-state index is 11.6. The van der Waals surface area contributed by atoms with Crippen molar-refractivity contribution in [3.05, 3.63) is 23.8 Å². The van der Waals surface area contributed by atoms with E-state index in [2.05, 4.69) is 0 Å². The zero-order valence-corrected chi connectivity index (χ0v) is 8.66. The van der Waals surface area contributed by atoms with Crippen molar-refractivity contribution < 1.29 is 9.59 Å². The van der Waals surface area contributed by atoms with Gasteiger partial charge in [0.05, 0.1) is 0 Å². The second-order valence-corrected chi connectivity index (χ2v) is 4.95.